The fourth-order valence-electron chi connectivity index (χ4n) is 1.86. The third-order valence-corrected chi connectivity index (χ3v) is 2.74. The molecule has 0 atom stereocenters. The zero-order valence-corrected chi connectivity index (χ0v) is 10.9. The van der Waals surface area contributed by atoms with Crippen LogP contribution in [0.2, 0.25) is 0 Å². The SMILES string of the molecule is CCOCOc1cc2c(c(O)c1C(C)=O)C=CCO2. The molecule has 0 saturated heterocycles. The van der Waals surface area contributed by atoms with E-state index in [4.69, 9.17) is 14.2 Å². The predicted octanol–water partition coefficient (Wildman–Crippen LogP) is 2.37. The van der Waals surface area contributed by atoms with E-state index in [0.29, 0.717) is 24.5 Å². The molecule has 0 spiro atoms. The van der Waals surface area contributed by atoms with Gasteiger partial charge in [-0.2, -0.15) is 0 Å². The molecule has 1 heterocycles. The maximum atomic E-state index is 11.7. The standard InChI is InChI=1S/C14H16O5/c1-3-17-8-19-12-7-11-10(5-4-6-18-11)14(16)13(12)9(2)15/h4-5,7,16H,3,6,8H2,1-2H3. The molecule has 1 N–H and O–H groups in total. The largest absolute Gasteiger partial charge is 0.506 e. The fourth-order valence-corrected chi connectivity index (χ4v) is 1.86. The Bertz CT molecular complexity index is 519. The van der Waals surface area contributed by atoms with E-state index in [1.54, 1.807) is 18.2 Å². The molecule has 0 radical (unpaired) electrons. The van der Waals surface area contributed by atoms with Crippen LogP contribution in [0.1, 0.15) is 29.8 Å². The van der Waals surface area contributed by atoms with Crippen molar-refractivity contribution in [3.05, 3.63) is 23.3 Å². The number of rotatable bonds is 5. The van der Waals surface area contributed by atoms with Gasteiger partial charge in [-0.3, -0.25) is 4.79 Å². The van der Waals surface area contributed by atoms with Gasteiger partial charge in [-0.1, -0.05) is 0 Å². The molecule has 5 nitrogen and oxygen atoms in total. The molecular weight excluding hydrogens is 248 g/mol. The highest BCUT2D eigenvalue weighted by atomic mass is 16.7. The fraction of sp³-hybridized carbons (Fsp3) is 0.357. The van der Waals surface area contributed by atoms with Gasteiger partial charge < -0.3 is 19.3 Å². The van der Waals surface area contributed by atoms with Crippen molar-refractivity contribution in [2.75, 3.05) is 20.0 Å². The van der Waals surface area contributed by atoms with Gasteiger partial charge in [-0.05, 0) is 26.0 Å². The van der Waals surface area contributed by atoms with Gasteiger partial charge in [-0.25, -0.2) is 0 Å². The van der Waals surface area contributed by atoms with E-state index in [9.17, 15) is 9.90 Å². The number of carbonyl (C=O) groups excluding carboxylic acids is 1. The lowest BCUT2D eigenvalue weighted by Gasteiger charge is -2.18. The van der Waals surface area contributed by atoms with Gasteiger partial charge in [0.05, 0.1) is 5.56 Å². The lowest BCUT2D eigenvalue weighted by atomic mass is 10.0. The Morgan fingerprint density at radius 3 is 3.00 bits per heavy atom. The topological polar surface area (TPSA) is 65.0 Å². The molecule has 0 aromatic heterocycles. The first-order valence-corrected chi connectivity index (χ1v) is 6.06. The summed E-state index contributed by atoms with van der Waals surface area (Å²) in [6.45, 7) is 4.17. The van der Waals surface area contributed by atoms with Crippen molar-refractivity contribution in [2.45, 2.75) is 13.8 Å². The molecule has 1 aliphatic heterocycles. The minimum atomic E-state index is -0.272. The number of fused-ring (bicyclic) bond motifs is 1. The Kier molecular flexibility index (Phi) is 4.06. The normalized spacial score (nSPS) is 12.7. The molecule has 0 saturated carbocycles. The van der Waals surface area contributed by atoms with Crippen molar-refractivity contribution in [1.82, 2.24) is 0 Å². The van der Waals surface area contributed by atoms with Gasteiger partial charge in [0.15, 0.2) is 12.6 Å². The molecule has 0 bridgehead atoms. The number of aromatic hydroxyl groups is 1. The highest BCUT2D eigenvalue weighted by Gasteiger charge is 2.22. The zero-order chi connectivity index (χ0) is 13.8. The molecule has 102 valence electrons. The second-order valence-corrected chi connectivity index (χ2v) is 4.03. The summed E-state index contributed by atoms with van der Waals surface area (Å²) in [5, 5.41) is 10.2. The van der Waals surface area contributed by atoms with E-state index >= 15 is 0 Å². The lowest BCUT2D eigenvalue weighted by Crippen LogP contribution is -2.09. The quantitative estimate of drug-likeness (QED) is 0.502. The summed E-state index contributed by atoms with van der Waals surface area (Å²) in [6.07, 6.45) is 3.50. The van der Waals surface area contributed by atoms with Crippen molar-refractivity contribution in [1.29, 1.82) is 0 Å². The van der Waals surface area contributed by atoms with Gasteiger partial charge >= 0.3 is 0 Å². The Morgan fingerprint density at radius 2 is 2.32 bits per heavy atom. The summed E-state index contributed by atoms with van der Waals surface area (Å²) in [5.41, 5.74) is 0.647. The summed E-state index contributed by atoms with van der Waals surface area (Å²) in [5.74, 6) is 0.377. The van der Waals surface area contributed by atoms with Crippen molar-refractivity contribution < 1.29 is 24.1 Å². The van der Waals surface area contributed by atoms with Crippen LogP contribution in [0.3, 0.4) is 0 Å². The van der Waals surface area contributed by atoms with Crippen LogP contribution in [0.5, 0.6) is 17.2 Å². The molecule has 5 heteroatoms. The number of ether oxygens (including phenoxy) is 3. The number of phenolic OH excluding ortho intramolecular Hbond substituents is 1. The molecule has 1 aliphatic rings. The van der Waals surface area contributed by atoms with Gasteiger partial charge in [0, 0.05) is 12.7 Å². The van der Waals surface area contributed by atoms with Crippen LogP contribution in [-0.4, -0.2) is 30.9 Å². The van der Waals surface area contributed by atoms with Crippen molar-refractivity contribution >= 4 is 11.9 Å². The molecule has 0 amide bonds. The molecule has 19 heavy (non-hydrogen) atoms. The zero-order valence-electron chi connectivity index (χ0n) is 10.9. The maximum Gasteiger partial charge on any atom is 0.189 e. The Morgan fingerprint density at radius 1 is 1.53 bits per heavy atom. The summed E-state index contributed by atoms with van der Waals surface area (Å²) in [6, 6.07) is 1.61. The van der Waals surface area contributed by atoms with E-state index in [1.807, 2.05) is 6.92 Å². The number of hydrogen-bond acceptors (Lipinski definition) is 5. The predicted molar refractivity (Wildman–Crippen MR) is 69.8 cm³/mol. The number of hydrogen-bond donors (Lipinski definition) is 1. The first-order valence-electron chi connectivity index (χ1n) is 6.06. The van der Waals surface area contributed by atoms with Crippen LogP contribution >= 0.6 is 0 Å². The first-order chi connectivity index (χ1) is 9.15. The molecule has 0 unspecified atom stereocenters. The molecule has 1 aromatic carbocycles. The summed E-state index contributed by atoms with van der Waals surface area (Å²) in [4.78, 5) is 11.7. The van der Waals surface area contributed by atoms with Crippen LogP contribution in [0.15, 0.2) is 12.1 Å². The van der Waals surface area contributed by atoms with Crippen LogP contribution in [0, 0.1) is 0 Å². The van der Waals surface area contributed by atoms with Crippen LogP contribution in [0.4, 0.5) is 0 Å². The lowest BCUT2D eigenvalue weighted by molar-refractivity contribution is 0.0217. The van der Waals surface area contributed by atoms with Gasteiger partial charge in [0.25, 0.3) is 0 Å². The number of phenols is 1. The van der Waals surface area contributed by atoms with Crippen molar-refractivity contribution in [2.24, 2.45) is 0 Å². The van der Waals surface area contributed by atoms with E-state index in [1.165, 1.54) is 6.92 Å². The van der Waals surface area contributed by atoms with Gasteiger partial charge in [0.2, 0.25) is 0 Å². The number of carbonyl (C=O) groups is 1. The van der Waals surface area contributed by atoms with Crippen molar-refractivity contribution in [3.8, 4) is 17.2 Å². The minimum absolute atomic E-state index is 0.0187. The van der Waals surface area contributed by atoms with Crippen LogP contribution < -0.4 is 9.47 Å². The monoisotopic (exact) mass is 264 g/mol. The average molecular weight is 264 g/mol. The summed E-state index contributed by atoms with van der Waals surface area (Å²) >= 11 is 0. The average Bonchev–Trinajstić information content (AvgIpc) is 2.39. The van der Waals surface area contributed by atoms with E-state index in [0.717, 1.165) is 0 Å². The van der Waals surface area contributed by atoms with Crippen molar-refractivity contribution in [3.63, 3.8) is 0 Å². The molecule has 0 fully saturated rings. The third-order valence-electron chi connectivity index (χ3n) is 2.74. The highest BCUT2D eigenvalue weighted by molar-refractivity contribution is 6.01. The first kappa shape index (κ1) is 13.4. The summed E-state index contributed by atoms with van der Waals surface area (Å²) in [7, 11) is 0. The smallest absolute Gasteiger partial charge is 0.189 e. The Labute approximate surface area is 111 Å². The van der Waals surface area contributed by atoms with Crippen LogP contribution in [-0.2, 0) is 4.74 Å². The Balaban J connectivity index is 2.43. The second-order valence-electron chi connectivity index (χ2n) is 4.03. The highest BCUT2D eigenvalue weighted by Crippen LogP contribution is 2.41. The Hall–Kier alpha value is -2.01. The third kappa shape index (κ3) is 2.71. The molecule has 0 aliphatic carbocycles. The van der Waals surface area contributed by atoms with Gasteiger partial charge in [0.1, 0.15) is 29.4 Å². The summed E-state index contributed by atoms with van der Waals surface area (Å²) < 4.78 is 15.9. The molecular formula is C14H16O5. The minimum Gasteiger partial charge on any atom is -0.506 e. The molecule has 1 aromatic rings. The number of benzene rings is 1. The van der Waals surface area contributed by atoms with E-state index in [2.05, 4.69) is 0 Å². The van der Waals surface area contributed by atoms with Crippen LogP contribution in [0.25, 0.3) is 6.08 Å². The maximum absolute atomic E-state index is 11.7. The number of Topliss-reactive ketones (excluding diaryl/α,β-unsaturated/α-hetero) is 1. The van der Waals surface area contributed by atoms with E-state index in [-0.39, 0.29) is 29.6 Å². The van der Waals surface area contributed by atoms with E-state index < -0.39 is 0 Å². The van der Waals surface area contributed by atoms with Gasteiger partial charge in [-0.15, -0.1) is 0 Å². The number of ketones is 1. The molecule has 2 rings (SSSR count). The second kappa shape index (κ2) is 5.75.